The number of nitrogens with one attached hydrogen (secondary N) is 1. The Morgan fingerprint density at radius 3 is 2.81 bits per heavy atom. The number of carbonyl (C=O) groups excluding carboxylic acids is 1. The van der Waals surface area contributed by atoms with Gasteiger partial charge in [-0.2, -0.15) is 0 Å². The van der Waals surface area contributed by atoms with Gasteiger partial charge in [0.15, 0.2) is 0 Å². The minimum absolute atomic E-state index is 0.140. The van der Waals surface area contributed by atoms with Crippen molar-refractivity contribution in [2.75, 3.05) is 5.73 Å². The van der Waals surface area contributed by atoms with Crippen LogP contribution < -0.4 is 11.1 Å². The van der Waals surface area contributed by atoms with Crippen molar-refractivity contribution >= 4 is 11.6 Å². The Labute approximate surface area is 96.3 Å². The number of nitrogens with two attached hydrogens (primary N) is 1. The van der Waals surface area contributed by atoms with Crippen molar-refractivity contribution in [3.05, 3.63) is 24.0 Å². The highest BCUT2D eigenvalue weighted by atomic mass is 16.1. The molecule has 1 heterocycles. The minimum atomic E-state index is -0.207. The van der Waals surface area contributed by atoms with Crippen LogP contribution in [0, 0.1) is 0 Å². The van der Waals surface area contributed by atoms with Gasteiger partial charge in [0, 0.05) is 11.7 Å². The fourth-order valence-electron chi connectivity index (χ4n) is 1.68. The molecule has 0 unspecified atom stereocenters. The Bertz CT molecular complexity index is 374. The van der Waals surface area contributed by atoms with Crippen LogP contribution >= 0.6 is 0 Å². The first-order chi connectivity index (χ1) is 7.46. The predicted octanol–water partition coefficient (Wildman–Crippen LogP) is 1.97. The molecule has 1 rings (SSSR count). The summed E-state index contributed by atoms with van der Waals surface area (Å²) in [6.45, 7) is 6.10. The number of aromatic nitrogens is 1. The summed E-state index contributed by atoms with van der Waals surface area (Å²) >= 11 is 0. The van der Waals surface area contributed by atoms with Gasteiger partial charge in [0.1, 0.15) is 0 Å². The molecule has 0 aliphatic heterocycles. The number of carbonyl (C=O) groups is 1. The number of pyridine rings is 1. The maximum atomic E-state index is 11.9. The van der Waals surface area contributed by atoms with E-state index in [0.717, 1.165) is 12.8 Å². The molecule has 4 heteroatoms. The summed E-state index contributed by atoms with van der Waals surface area (Å²) < 4.78 is 0. The monoisotopic (exact) mass is 221 g/mol. The molecule has 0 saturated carbocycles. The Balaban J connectivity index is 2.77. The number of rotatable bonds is 4. The second-order valence-corrected chi connectivity index (χ2v) is 4.55. The molecule has 0 aliphatic carbocycles. The van der Waals surface area contributed by atoms with Crippen LogP contribution in [-0.4, -0.2) is 16.4 Å². The van der Waals surface area contributed by atoms with Gasteiger partial charge in [0.25, 0.3) is 5.91 Å². The molecule has 0 radical (unpaired) electrons. The van der Waals surface area contributed by atoms with Crippen LogP contribution in [0.3, 0.4) is 0 Å². The molecule has 1 aromatic rings. The number of hydrogen-bond acceptors (Lipinski definition) is 3. The summed E-state index contributed by atoms with van der Waals surface area (Å²) in [6.07, 6.45) is 5.02. The van der Waals surface area contributed by atoms with E-state index in [4.69, 9.17) is 5.73 Å². The molecule has 0 saturated heterocycles. The minimum Gasteiger partial charge on any atom is -0.397 e. The topological polar surface area (TPSA) is 68.0 Å². The molecular formula is C12H19N3O. The van der Waals surface area contributed by atoms with Gasteiger partial charge in [-0.05, 0) is 26.3 Å². The lowest BCUT2D eigenvalue weighted by Gasteiger charge is -2.26. The highest BCUT2D eigenvalue weighted by molar-refractivity contribution is 5.99. The van der Waals surface area contributed by atoms with E-state index >= 15 is 0 Å². The summed E-state index contributed by atoms with van der Waals surface area (Å²) in [5.41, 5.74) is 6.38. The van der Waals surface area contributed by atoms with Gasteiger partial charge in [-0.25, -0.2) is 0 Å². The molecule has 0 atom stereocenters. The molecule has 0 spiro atoms. The number of amides is 1. The number of nitrogens with zero attached hydrogens (tertiary/aromatic N) is 1. The van der Waals surface area contributed by atoms with Gasteiger partial charge in [0.2, 0.25) is 0 Å². The Kier molecular flexibility index (Phi) is 3.88. The molecule has 4 nitrogen and oxygen atoms in total. The van der Waals surface area contributed by atoms with E-state index in [0.29, 0.717) is 11.3 Å². The molecule has 0 fully saturated rings. The molecule has 3 N–H and O–H groups in total. The Morgan fingerprint density at radius 2 is 2.25 bits per heavy atom. The Morgan fingerprint density at radius 1 is 1.56 bits per heavy atom. The van der Waals surface area contributed by atoms with E-state index in [1.165, 1.54) is 6.20 Å². The molecule has 16 heavy (non-hydrogen) atoms. The van der Waals surface area contributed by atoms with Crippen LogP contribution in [0.15, 0.2) is 18.5 Å². The van der Waals surface area contributed by atoms with Gasteiger partial charge in [-0.3, -0.25) is 9.78 Å². The fourth-order valence-corrected chi connectivity index (χ4v) is 1.68. The van der Waals surface area contributed by atoms with Crippen LogP contribution in [0.5, 0.6) is 0 Å². The zero-order valence-corrected chi connectivity index (χ0v) is 10.1. The maximum absolute atomic E-state index is 11.9. The molecule has 1 aromatic heterocycles. The third-order valence-corrected chi connectivity index (χ3v) is 2.42. The highest BCUT2D eigenvalue weighted by Gasteiger charge is 2.20. The molecular weight excluding hydrogens is 202 g/mol. The third kappa shape index (κ3) is 3.22. The average molecular weight is 221 g/mol. The first kappa shape index (κ1) is 12.5. The zero-order valence-electron chi connectivity index (χ0n) is 10.1. The summed E-state index contributed by atoms with van der Waals surface area (Å²) in [5, 5.41) is 2.97. The van der Waals surface area contributed by atoms with Crippen LogP contribution in [0.2, 0.25) is 0 Å². The first-order valence-corrected chi connectivity index (χ1v) is 5.48. The quantitative estimate of drug-likeness (QED) is 0.816. The number of hydrogen-bond donors (Lipinski definition) is 2. The first-order valence-electron chi connectivity index (χ1n) is 5.48. The largest absolute Gasteiger partial charge is 0.397 e. The van der Waals surface area contributed by atoms with Gasteiger partial charge in [-0.1, -0.05) is 13.3 Å². The van der Waals surface area contributed by atoms with Crippen molar-refractivity contribution in [1.82, 2.24) is 10.3 Å². The van der Waals surface area contributed by atoms with E-state index in [1.54, 1.807) is 12.3 Å². The van der Waals surface area contributed by atoms with E-state index in [-0.39, 0.29) is 11.4 Å². The van der Waals surface area contributed by atoms with Crippen molar-refractivity contribution in [3.8, 4) is 0 Å². The van der Waals surface area contributed by atoms with Crippen LogP contribution in [0.1, 0.15) is 44.0 Å². The summed E-state index contributed by atoms with van der Waals surface area (Å²) in [5.74, 6) is -0.140. The van der Waals surface area contributed by atoms with E-state index in [2.05, 4.69) is 17.2 Å². The standard InChI is InChI=1S/C12H19N3O/c1-4-6-12(2,3)15-11(16)9-5-7-14-8-10(9)13/h5,7-8H,4,6,13H2,1-3H3,(H,15,16). The summed E-state index contributed by atoms with van der Waals surface area (Å²) in [4.78, 5) is 15.8. The van der Waals surface area contributed by atoms with Crippen LogP contribution in [0.25, 0.3) is 0 Å². The lowest BCUT2D eigenvalue weighted by Crippen LogP contribution is -2.43. The van der Waals surface area contributed by atoms with Crippen molar-refractivity contribution in [2.24, 2.45) is 0 Å². The highest BCUT2D eigenvalue weighted by Crippen LogP contribution is 2.14. The molecule has 0 aromatic carbocycles. The number of anilines is 1. The molecule has 0 aliphatic rings. The van der Waals surface area contributed by atoms with Crippen molar-refractivity contribution in [3.63, 3.8) is 0 Å². The normalized spacial score (nSPS) is 11.2. The molecule has 1 amide bonds. The van der Waals surface area contributed by atoms with Crippen LogP contribution in [-0.2, 0) is 0 Å². The lowest BCUT2D eigenvalue weighted by atomic mass is 9.98. The number of nitrogen functional groups attached to an aromatic ring is 1. The second kappa shape index (κ2) is 4.96. The third-order valence-electron chi connectivity index (χ3n) is 2.42. The molecule has 88 valence electrons. The van der Waals surface area contributed by atoms with Crippen molar-refractivity contribution in [2.45, 2.75) is 39.2 Å². The predicted molar refractivity (Wildman–Crippen MR) is 65.1 cm³/mol. The maximum Gasteiger partial charge on any atom is 0.253 e. The van der Waals surface area contributed by atoms with Crippen molar-refractivity contribution < 1.29 is 4.79 Å². The molecule has 0 bridgehead atoms. The lowest BCUT2D eigenvalue weighted by molar-refractivity contribution is 0.0910. The summed E-state index contributed by atoms with van der Waals surface area (Å²) in [7, 11) is 0. The smallest absolute Gasteiger partial charge is 0.253 e. The second-order valence-electron chi connectivity index (χ2n) is 4.55. The zero-order chi connectivity index (χ0) is 12.2. The van der Waals surface area contributed by atoms with Crippen molar-refractivity contribution in [1.29, 1.82) is 0 Å². The van der Waals surface area contributed by atoms with E-state index in [9.17, 15) is 4.79 Å². The van der Waals surface area contributed by atoms with Gasteiger partial charge >= 0.3 is 0 Å². The SMILES string of the molecule is CCCC(C)(C)NC(=O)c1ccncc1N. The van der Waals surface area contributed by atoms with E-state index < -0.39 is 0 Å². The van der Waals surface area contributed by atoms with Gasteiger partial charge in [-0.15, -0.1) is 0 Å². The fraction of sp³-hybridized carbons (Fsp3) is 0.500. The average Bonchev–Trinajstić information content (AvgIpc) is 2.17. The van der Waals surface area contributed by atoms with Gasteiger partial charge < -0.3 is 11.1 Å². The van der Waals surface area contributed by atoms with Gasteiger partial charge in [0.05, 0.1) is 17.4 Å². The Hall–Kier alpha value is -1.58. The van der Waals surface area contributed by atoms with E-state index in [1.807, 2.05) is 13.8 Å². The summed E-state index contributed by atoms with van der Waals surface area (Å²) in [6, 6.07) is 1.63. The van der Waals surface area contributed by atoms with Crippen LogP contribution in [0.4, 0.5) is 5.69 Å².